The summed E-state index contributed by atoms with van der Waals surface area (Å²) >= 11 is 0. The van der Waals surface area contributed by atoms with Crippen molar-refractivity contribution in [3.63, 3.8) is 0 Å². The Morgan fingerprint density at radius 3 is 2.15 bits per heavy atom. The summed E-state index contributed by atoms with van der Waals surface area (Å²) < 4.78 is 10.7. The average Bonchev–Trinajstić information content (AvgIpc) is 2.53. The van der Waals surface area contributed by atoms with Gasteiger partial charge in [-0.2, -0.15) is 0 Å². The highest BCUT2D eigenvalue weighted by atomic mass is 16.5. The normalized spacial score (nSPS) is 17.8. The lowest BCUT2D eigenvalue weighted by molar-refractivity contribution is 0.304. The summed E-state index contributed by atoms with van der Waals surface area (Å²) in [5, 5.41) is 3.46. The summed E-state index contributed by atoms with van der Waals surface area (Å²) in [5.41, 5.74) is 1.26. The van der Waals surface area contributed by atoms with Crippen molar-refractivity contribution in [1.29, 1.82) is 0 Å². The third kappa shape index (κ3) is 3.89. The summed E-state index contributed by atoms with van der Waals surface area (Å²) in [7, 11) is 5.45. The molecule has 1 atom stereocenters. The third-order valence-corrected chi connectivity index (χ3v) is 4.42. The number of hydrogen-bond donors (Lipinski definition) is 1. The second-order valence-corrected chi connectivity index (χ2v) is 5.73. The molecule has 0 aliphatic heterocycles. The molecule has 1 unspecified atom stereocenters. The molecule has 1 N–H and O–H groups in total. The number of benzene rings is 1. The van der Waals surface area contributed by atoms with E-state index in [1.165, 1.54) is 44.1 Å². The van der Waals surface area contributed by atoms with Crippen molar-refractivity contribution >= 4 is 0 Å². The number of hydrogen-bond acceptors (Lipinski definition) is 3. The van der Waals surface area contributed by atoms with Crippen molar-refractivity contribution in [2.24, 2.45) is 5.92 Å². The molecule has 0 spiro atoms. The Bertz CT molecular complexity index is 391. The van der Waals surface area contributed by atoms with Crippen LogP contribution in [-0.2, 0) is 0 Å². The number of rotatable bonds is 6. The van der Waals surface area contributed by atoms with Gasteiger partial charge < -0.3 is 14.8 Å². The predicted octanol–water partition coefficient (Wildman–Crippen LogP) is 3.93. The molecule has 1 saturated carbocycles. The molecule has 0 heterocycles. The van der Waals surface area contributed by atoms with E-state index in [-0.39, 0.29) is 0 Å². The Morgan fingerprint density at radius 1 is 1.05 bits per heavy atom. The van der Waals surface area contributed by atoms with Gasteiger partial charge in [0.25, 0.3) is 0 Å². The van der Waals surface area contributed by atoms with Gasteiger partial charge in [0.1, 0.15) is 11.5 Å². The maximum Gasteiger partial charge on any atom is 0.122 e. The van der Waals surface area contributed by atoms with Crippen LogP contribution < -0.4 is 14.8 Å². The highest BCUT2D eigenvalue weighted by molar-refractivity contribution is 5.39. The SMILES string of the molecule is CNC(CC1CCCCC1)c1cc(OC)cc(OC)c1. The fourth-order valence-corrected chi connectivity index (χ4v) is 3.21. The van der Waals surface area contributed by atoms with Crippen LogP contribution in [0.5, 0.6) is 11.5 Å². The minimum atomic E-state index is 0.377. The Labute approximate surface area is 122 Å². The lowest BCUT2D eigenvalue weighted by atomic mass is 9.83. The fourth-order valence-electron chi connectivity index (χ4n) is 3.21. The molecule has 112 valence electrons. The quantitative estimate of drug-likeness (QED) is 0.854. The van der Waals surface area contributed by atoms with Gasteiger partial charge >= 0.3 is 0 Å². The first kappa shape index (κ1) is 15.2. The molecule has 0 amide bonds. The van der Waals surface area contributed by atoms with Gasteiger partial charge in [0, 0.05) is 12.1 Å². The smallest absolute Gasteiger partial charge is 0.122 e. The standard InChI is InChI=1S/C17H27NO2/c1-18-17(9-13-7-5-4-6-8-13)14-10-15(19-2)12-16(11-14)20-3/h10-13,17-18H,4-9H2,1-3H3. The molecule has 1 fully saturated rings. The Balaban J connectivity index is 2.12. The van der Waals surface area contributed by atoms with E-state index in [0.29, 0.717) is 6.04 Å². The molecule has 0 bridgehead atoms. The van der Waals surface area contributed by atoms with Gasteiger partial charge in [0.2, 0.25) is 0 Å². The average molecular weight is 277 g/mol. The first-order valence-corrected chi connectivity index (χ1v) is 7.67. The molecule has 2 rings (SSSR count). The first-order chi connectivity index (χ1) is 9.76. The largest absolute Gasteiger partial charge is 0.497 e. The van der Waals surface area contributed by atoms with Crippen molar-refractivity contribution in [3.8, 4) is 11.5 Å². The summed E-state index contributed by atoms with van der Waals surface area (Å²) in [6.07, 6.45) is 8.14. The molecule has 0 radical (unpaired) electrons. The zero-order valence-electron chi connectivity index (χ0n) is 12.9. The maximum absolute atomic E-state index is 5.37. The Kier molecular flexibility index (Phi) is 5.72. The number of nitrogens with one attached hydrogen (secondary N) is 1. The van der Waals surface area contributed by atoms with Gasteiger partial charge in [0.05, 0.1) is 14.2 Å². The monoisotopic (exact) mass is 277 g/mol. The second-order valence-electron chi connectivity index (χ2n) is 5.73. The van der Waals surface area contributed by atoms with Gasteiger partial charge in [-0.25, -0.2) is 0 Å². The van der Waals surface area contributed by atoms with E-state index < -0.39 is 0 Å². The minimum absolute atomic E-state index is 0.377. The molecule has 20 heavy (non-hydrogen) atoms. The summed E-state index contributed by atoms with van der Waals surface area (Å²) in [4.78, 5) is 0. The summed E-state index contributed by atoms with van der Waals surface area (Å²) in [6.45, 7) is 0. The first-order valence-electron chi connectivity index (χ1n) is 7.67. The van der Waals surface area contributed by atoms with Gasteiger partial charge in [-0.15, -0.1) is 0 Å². The third-order valence-electron chi connectivity index (χ3n) is 4.42. The van der Waals surface area contributed by atoms with Crippen molar-refractivity contribution in [1.82, 2.24) is 5.32 Å². The van der Waals surface area contributed by atoms with Crippen LogP contribution in [0.1, 0.15) is 50.1 Å². The molecule has 1 aromatic rings. The van der Waals surface area contributed by atoms with Gasteiger partial charge in [-0.05, 0) is 37.1 Å². The lowest BCUT2D eigenvalue weighted by Gasteiger charge is -2.27. The molecular weight excluding hydrogens is 250 g/mol. The Hall–Kier alpha value is -1.22. The van der Waals surface area contributed by atoms with Crippen LogP contribution >= 0.6 is 0 Å². The van der Waals surface area contributed by atoms with Crippen LogP contribution in [0.25, 0.3) is 0 Å². The van der Waals surface area contributed by atoms with Crippen molar-refractivity contribution in [2.45, 2.75) is 44.6 Å². The van der Waals surface area contributed by atoms with E-state index in [4.69, 9.17) is 9.47 Å². The molecule has 0 aromatic heterocycles. The van der Waals surface area contributed by atoms with E-state index >= 15 is 0 Å². The number of ether oxygens (including phenoxy) is 2. The maximum atomic E-state index is 5.37. The van der Waals surface area contributed by atoms with Crippen molar-refractivity contribution in [3.05, 3.63) is 23.8 Å². The van der Waals surface area contributed by atoms with E-state index in [9.17, 15) is 0 Å². The highest BCUT2D eigenvalue weighted by Gasteiger charge is 2.20. The zero-order chi connectivity index (χ0) is 14.4. The van der Waals surface area contributed by atoms with E-state index in [2.05, 4.69) is 17.4 Å². The zero-order valence-corrected chi connectivity index (χ0v) is 12.9. The van der Waals surface area contributed by atoms with Crippen LogP contribution in [0.15, 0.2) is 18.2 Å². The van der Waals surface area contributed by atoms with Crippen LogP contribution in [0.4, 0.5) is 0 Å². The second kappa shape index (κ2) is 7.53. The van der Waals surface area contributed by atoms with Gasteiger partial charge in [-0.1, -0.05) is 32.1 Å². The molecule has 3 heteroatoms. The van der Waals surface area contributed by atoms with Crippen LogP contribution in [-0.4, -0.2) is 21.3 Å². The van der Waals surface area contributed by atoms with E-state index in [1.54, 1.807) is 14.2 Å². The van der Waals surface area contributed by atoms with Gasteiger partial charge in [0.15, 0.2) is 0 Å². The molecule has 1 aromatic carbocycles. The molecule has 1 aliphatic carbocycles. The molecule has 3 nitrogen and oxygen atoms in total. The minimum Gasteiger partial charge on any atom is -0.497 e. The molecule has 0 saturated heterocycles. The van der Waals surface area contributed by atoms with Crippen molar-refractivity contribution in [2.75, 3.05) is 21.3 Å². The van der Waals surface area contributed by atoms with Crippen molar-refractivity contribution < 1.29 is 9.47 Å². The topological polar surface area (TPSA) is 30.5 Å². The van der Waals surface area contributed by atoms with E-state index in [1.807, 2.05) is 13.1 Å². The number of methoxy groups -OCH3 is 2. The van der Waals surface area contributed by atoms with E-state index in [0.717, 1.165) is 17.4 Å². The lowest BCUT2D eigenvalue weighted by Crippen LogP contribution is -2.21. The van der Waals surface area contributed by atoms with Crippen LogP contribution in [0.2, 0.25) is 0 Å². The molecular formula is C17H27NO2. The predicted molar refractivity (Wildman–Crippen MR) is 82.5 cm³/mol. The summed E-state index contributed by atoms with van der Waals surface area (Å²) in [6, 6.07) is 6.54. The highest BCUT2D eigenvalue weighted by Crippen LogP contribution is 2.34. The van der Waals surface area contributed by atoms with Crippen LogP contribution in [0.3, 0.4) is 0 Å². The fraction of sp³-hybridized carbons (Fsp3) is 0.647. The summed E-state index contributed by atoms with van der Waals surface area (Å²) in [5.74, 6) is 2.57. The van der Waals surface area contributed by atoms with Crippen LogP contribution in [0, 0.1) is 5.92 Å². The Morgan fingerprint density at radius 2 is 1.65 bits per heavy atom. The molecule has 1 aliphatic rings. The van der Waals surface area contributed by atoms with Gasteiger partial charge in [-0.3, -0.25) is 0 Å².